The number of nitro groups is 2. The van der Waals surface area contributed by atoms with Crippen molar-refractivity contribution in [1.82, 2.24) is 0 Å². The van der Waals surface area contributed by atoms with Crippen LogP contribution in [0.25, 0.3) is 0 Å². The van der Waals surface area contributed by atoms with Crippen molar-refractivity contribution >= 4 is 17.5 Å². The average Bonchev–Trinajstić information content (AvgIpc) is 2.71. The highest BCUT2D eigenvalue weighted by molar-refractivity contribution is 5.69. The average molecular weight is 420 g/mol. The molecule has 160 valence electrons. The fraction of sp³-hybridized carbons (Fsp3) is 0.316. The molecule has 0 aliphatic heterocycles. The second kappa shape index (κ2) is 10.8. The van der Waals surface area contributed by atoms with E-state index in [1.54, 1.807) is 0 Å². The molecule has 0 N–H and O–H groups in total. The molecule has 0 spiro atoms. The van der Waals surface area contributed by atoms with Gasteiger partial charge in [-0.3, -0.25) is 20.2 Å². The highest BCUT2D eigenvalue weighted by Gasteiger charge is 2.18. The van der Waals surface area contributed by atoms with Crippen LogP contribution < -0.4 is 9.47 Å². The molecule has 0 saturated carbocycles. The molecule has 2 aromatic rings. The standard InChI is InChI=1S/C19H20N2O9/c1-27-9-7-13-11-15(20(23)24)3-5-17(13)29-19(22)30-18-6-4-16(21(25)26)12-14(18)8-10-28-2/h3-6,11-12H,7-10H2,1-2H3. The zero-order valence-corrected chi connectivity index (χ0v) is 16.4. The Morgan fingerprint density at radius 3 is 1.53 bits per heavy atom. The van der Waals surface area contributed by atoms with Crippen molar-refractivity contribution in [3.05, 3.63) is 67.8 Å². The first kappa shape index (κ1) is 22.7. The van der Waals surface area contributed by atoms with Crippen molar-refractivity contribution in [2.45, 2.75) is 12.8 Å². The van der Waals surface area contributed by atoms with Gasteiger partial charge in [0, 0.05) is 49.6 Å². The number of hydrogen-bond acceptors (Lipinski definition) is 9. The summed E-state index contributed by atoms with van der Waals surface area (Å²) >= 11 is 0. The minimum absolute atomic E-state index is 0.0861. The first-order valence-corrected chi connectivity index (χ1v) is 8.78. The van der Waals surface area contributed by atoms with Gasteiger partial charge in [0.1, 0.15) is 11.5 Å². The Morgan fingerprint density at radius 1 is 0.800 bits per heavy atom. The number of non-ortho nitro benzene ring substituents is 2. The van der Waals surface area contributed by atoms with Crippen LogP contribution in [0.5, 0.6) is 11.5 Å². The van der Waals surface area contributed by atoms with Gasteiger partial charge in [-0.2, -0.15) is 0 Å². The first-order valence-electron chi connectivity index (χ1n) is 8.78. The largest absolute Gasteiger partial charge is 0.519 e. The van der Waals surface area contributed by atoms with Crippen LogP contribution in [-0.4, -0.2) is 43.4 Å². The van der Waals surface area contributed by atoms with Crippen molar-refractivity contribution in [3.63, 3.8) is 0 Å². The molecular weight excluding hydrogens is 400 g/mol. The van der Waals surface area contributed by atoms with E-state index in [-0.39, 0.29) is 48.9 Å². The maximum atomic E-state index is 12.3. The third kappa shape index (κ3) is 6.22. The van der Waals surface area contributed by atoms with Crippen LogP contribution in [0, 0.1) is 20.2 Å². The molecule has 0 aliphatic rings. The van der Waals surface area contributed by atoms with Gasteiger partial charge in [-0.05, 0) is 25.0 Å². The van der Waals surface area contributed by atoms with Gasteiger partial charge in [-0.25, -0.2) is 4.79 Å². The number of carbonyl (C=O) groups excluding carboxylic acids is 1. The fourth-order valence-corrected chi connectivity index (χ4v) is 2.57. The molecule has 0 atom stereocenters. The van der Waals surface area contributed by atoms with Crippen LogP contribution in [0.3, 0.4) is 0 Å². The van der Waals surface area contributed by atoms with E-state index in [9.17, 15) is 25.0 Å². The maximum Gasteiger partial charge on any atom is 0.519 e. The van der Waals surface area contributed by atoms with Gasteiger partial charge < -0.3 is 18.9 Å². The Kier molecular flexibility index (Phi) is 8.20. The molecule has 0 saturated heterocycles. The molecule has 2 rings (SSSR count). The lowest BCUT2D eigenvalue weighted by Gasteiger charge is -2.12. The summed E-state index contributed by atoms with van der Waals surface area (Å²) in [5.41, 5.74) is 0.482. The number of ether oxygens (including phenoxy) is 4. The minimum atomic E-state index is -1.09. The lowest BCUT2D eigenvalue weighted by atomic mass is 10.1. The van der Waals surface area contributed by atoms with E-state index in [1.165, 1.54) is 50.6 Å². The summed E-state index contributed by atoms with van der Waals surface area (Å²) in [5, 5.41) is 22.0. The van der Waals surface area contributed by atoms with Gasteiger partial charge in [-0.15, -0.1) is 0 Å². The molecule has 11 nitrogen and oxygen atoms in total. The highest BCUT2D eigenvalue weighted by atomic mass is 16.7. The van der Waals surface area contributed by atoms with Crippen LogP contribution in [-0.2, 0) is 22.3 Å². The van der Waals surface area contributed by atoms with Gasteiger partial charge in [0.15, 0.2) is 0 Å². The number of rotatable bonds is 10. The molecule has 0 bridgehead atoms. The van der Waals surface area contributed by atoms with Gasteiger partial charge >= 0.3 is 6.16 Å². The Bertz CT molecular complexity index is 857. The third-order valence-electron chi connectivity index (χ3n) is 4.05. The topological polar surface area (TPSA) is 140 Å². The van der Waals surface area contributed by atoms with Crippen LogP contribution in [0.1, 0.15) is 11.1 Å². The lowest BCUT2D eigenvalue weighted by molar-refractivity contribution is -0.385. The van der Waals surface area contributed by atoms with Crippen molar-refractivity contribution in [2.24, 2.45) is 0 Å². The van der Waals surface area contributed by atoms with E-state index in [2.05, 4.69) is 0 Å². The summed E-state index contributed by atoms with van der Waals surface area (Å²) in [6, 6.07) is 7.58. The molecule has 11 heteroatoms. The summed E-state index contributed by atoms with van der Waals surface area (Å²) < 4.78 is 20.4. The van der Waals surface area contributed by atoms with Gasteiger partial charge in [0.25, 0.3) is 11.4 Å². The van der Waals surface area contributed by atoms with E-state index < -0.39 is 16.0 Å². The van der Waals surface area contributed by atoms with Crippen LogP contribution >= 0.6 is 0 Å². The summed E-state index contributed by atoms with van der Waals surface area (Å²) in [5.74, 6) is 0.172. The molecule has 0 unspecified atom stereocenters. The predicted octanol–water partition coefficient (Wildman–Crippen LogP) is 3.46. The van der Waals surface area contributed by atoms with Crippen LogP contribution in [0.15, 0.2) is 36.4 Å². The zero-order valence-electron chi connectivity index (χ0n) is 16.4. The number of carbonyl (C=O) groups is 1. The molecule has 0 amide bonds. The smallest absolute Gasteiger partial charge is 0.394 e. The lowest BCUT2D eigenvalue weighted by Crippen LogP contribution is -2.16. The Balaban J connectivity index is 2.22. The highest BCUT2D eigenvalue weighted by Crippen LogP contribution is 2.28. The summed E-state index contributed by atoms with van der Waals surface area (Å²) in [6.45, 7) is 0.520. The monoisotopic (exact) mass is 420 g/mol. The van der Waals surface area contributed by atoms with E-state index in [4.69, 9.17) is 18.9 Å². The van der Waals surface area contributed by atoms with Crippen molar-refractivity contribution in [1.29, 1.82) is 0 Å². The van der Waals surface area contributed by atoms with E-state index in [0.717, 1.165) is 0 Å². The van der Waals surface area contributed by atoms with E-state index in [1.807, 2.05) is 0 Å². The van der Waals surface area contributed by atoms with Crippen molar-refractivity contribution in [3.8, 4) is 11.5 Å². The summed E-state index contributed by atoms with van der Waals surface area (Å²) in [6.07, 6.45) is -0.538. The Hall–Kier alpha value is -3.57. The molecule has 0 heterocycles. The summed E-state index contributed by atoms with van der Waals surface area (Å²) in [7, 11) is 2.95. The molecule has 2 aromatic carbocycles. The first-order chi connectivity index (χ1) is 14.3. The zero-order chi connectivity index (χ0) is 22.1. The molecule has 0 radical (unpaired) electrons. The second-order valence-electron chi connectivity index (χ2n) is 6.04. The summed E-state index contributed by atoms with van der Waals surface area (Å²) in [4.78, 5) is 33.1. The third-order valence-corrected chi connectivity index (χ3v) is 4.05. The number of nitro benzene ring substituents is 2. The number of hydrogen-bond donors (Lipinski definition) is 0. The Labute approximate surface area is 171 Å². The Morgan fingerprint density at radius 2 is 1.20 bits per heavy atom. The molecule has 30 heavy (non-hydrogen) atoms. The normalized spacial score (nSPS) is 10.5. The molecular formula is C19H20N2O9. The van der Waals surface area contributed by atoms with Crippen LogP contribution in [0.2, 0.25) is 0 Å². The minimum Gasteiger partial charge on any atom is -0.394 e. The fourth-order valence-electron chi connectivity index (χ4n) is 2.57. The molecule has 0 fully saturated rings. The number of benzene rings is 2. The van der Waals surface area contributed by atoms with Crippen LogP contribution in [0.4, 0.5) is 16.2 Å². The predicted molar refractivity (Wildman–Crippen MR) is 104 cm³/mol. The van der Waals surface area contributed by atoms with E-state index in [0.29, 0.717) is 11.1 Å². The second-order valence-corrected chi connectivity index (χ2v) is 6.04. The van der Waals surface area contributed by atoms with Crippen molar-refractivity contribution in [2.75, 3.05) is 27.4 Å². The molecule has 0 aliphatic carbocycles. The quantitative estimate of drug-likeness (QED) is 0.244. The molecule has 0 aromatic heterocycles. The van der Waals surface area contributed by atoms with Gasteiger partial charge in [0.2, 0.25) is 0 Å². The van der Waals surface area contributed by atoms with Gasteiger partial charge in [0.05, 0.1) is 23.1 Å². The van der Waals surface area contributed by atoms with Crippen molar-refractivity contribution < 1.29 is 33.6 Å². The maximum absolute atomic E-state index is 12.3. The number of nitrogens with zero attached hydrogens (tertiary/aromatic N) is 2. The van der Waals surface area contributed by atoms with E-state index >= 15 is 0 Å². The number of methoxy groups -OCH3 is 2. The SMILES string of the molecule is COCCc1cc([N+](=O)[O-])ccc1OC(=O)Oc1ccc([N+](=O)[O-])cc1CCOC. The van der Waals surface area contributed by atoms with Gasteiger partial charge in [-0.1, -0.05) is 0 Å².